The molecule has 0 saturated heterocycles. The Hall–Kier alpha value is -1.17. The van der Waals surface area contributed by atoms with Gasteiger partial charge in [-0.1, -0.05) is 29.3 Å². The molecule has 0 unspecified atom stereocenters. The number of likely N-dealkylation sites (N-methyl/N-ethyl adjacent to an activating group) is 1. The van der Waals surface area contributed by atoms with Gasteiger partial charge in [0, 0.05) is 18.5 Å². The molecule has 0 aliphatic rings. The largest absolute Gasteiger partial charge is 0.341 e. The molecule has 0 aliphatic carbocycles. The monoisotopic (exact) mass is 315 g/mol. The zero-order chi connectivity index (χ0) is 13.8. The first-order chi connectivity index (χ1) is 9.08. The van der Waals surface area contributed by atoms with Crippen LogP contribution in [0.2, 0.25) is 10.3 Å². The number of hydrogen-bond donors (Lipinski definition) is 0. The minimum atomic E-state index is -0.210. The third-order valence-corrected chi connectivity index (χ3v) is 3.97. The second kappa shape index (κ2) is 6.32. The molecule has 2 rings (SSSR count). The average molecular weight is 316 g/mol. The summed E-state index contributed by atoms with van der Waals surface area (Å²) in [7, 11) is 1.72. The molecule has 2 aromatic rings. The van der Waals surface area contributed by atoms with Gasteiger partial charge in [0.05, 0.1) is 5.56 Å². The number of hydrogen-bond acceptors (Lipinski definition) is 4. The second-order valence-corrected chi connectivity index (χ2v) is 5.71. The highest BCUT2D eigenvalue weighted by molar-refractivity contribution is 7.09. The van der Waals surface area contributed by atoms with Gasteiger partial charge in [0.2, 0.25) is 0 Å². The number of thiophene rings is 1. The van der Waals surface area contributed by atoms with Crippen LogP contribution in [0.15, 0.2) is 23.6 Å². The first-order valence-electron chi connectivity index (χ1n) is 5.54. The molecular formula is C12H11Cl2N3OS. The molecule has 0 saturated carbocycles. The normalized spacial score (nSPS) is 10.5. The molecule has 2 aromatic heterocycles. The lowest BCUT2D eigenvalue weighted by atomic mass is 10.2. The number of rotatable bonds is 4. The maximum atomic E-state index is 12.2. The quantitative estimate of drug-likeness (QED) is 0.870. The first-order valence-corrected chi connectivity index (χ1v) is 7.18. The standard InChI is InChI=1S/C12H11Cl2N3OS/c1-17(5-4-8-3-2-6-19-8)12(18)9-7-10(13)15-16-11(9)14/h2-3,6-7H,4-5H2,1H3. The van der Waals surface area contributed by atoms with Crippen molar-refractivity contribution in [1.82, 2.24) is 15.1 Å². The molecule has 19 heavy (non-hydrogen) atoms. The zero-order valence-corrected chi connectivity index (χ0v) is 12.5. The Kier molecular flexibility index (Phi) is 4.74. The summed E-state index contributed by atoms with van der Waals surface area (Å²) in [5, 5.41) is 9.45. The van der Waals surface area contributed by atoms with E-state index in [0.29, 0.717) is 6.54 Å². The van der Waals surface area contributed by atoms with Gasteiger partial charge in [0.15, 0.2) is 10.3 Å². The lowest BCUT2D eigenvalue weighted by molar-refractivity contribution is 0.0796. The van der Waals surface area contributed by atoms with E-state index in [2.05, 4.69) is 10.2 Å². The van der Waals surface area contributed by atoms with Crippen molar-refractivity contribution in [2.24, 2.45) is 0 Å². The highest BCUT2D eigenvalue weighted by Crippen LogP contribution is 2.17. The molecule has 4 nitrogen and oxygen atoms in total. The fraction of sp³-hybridized carbons (Fsp3) is 0.250. The van der Waals surface area contributed by atoms with E-state index in [1.54, 1.807) is 23.3 Å². The van der Waals surface area contributed by atoms with Crippen LogP contribution in [0.3, 0.4) is 0 Å². The van der Waals surface area contributed by atoms with Crippen molar-refractivity contribution in [3.8, 4) is 0 Å². The Labute approximate surface area is 125 Å². The Morgan fingerprint density at radius 1 is 1.42 bits per heavy atom. The summed E-state index contributed by atoms with van der Waals surface area (Å²) in [5.74, 6) is -0.210. The van der Waals surface area contributed by atoms with Crippen LogP contribution >= 0.6 is 34.5 Å². The van der Waals surface area contributed by atoms with Crippen molar-refractivity contribution < 1.29 is 4.79 Å². The van der Waals surface area contributed by atoms with E-state index in [0.717, 1.165) is 6.42 Å². The smallest absolute Gasteiger partial charge is 0.256 e. The van der Waals surface area contributed by atoms with E-state index in [-0.39, 0.29) is 21.8 Å². The molecule has 0 N–H and O–H groups in total. The van der Waals surface area contributed by atoms with Gasteiger partial charge >= 0.3 is 0 Å². The van der Waals surface area contributed by atoms with Crippen LogP contribution < -0.4 is 0 Å². The third kappa shape index (κ3) is 3.65. The van der Waals surface area contributed by atoms with Crippen LogP contribution in [-0.2, 0) is 6.42 Å². The Morgan fingerprint density at radius 3 is 2.89 bits per heavy atom. The van der Waals surface area contributed by atoms with Crippen molar-refractivity contribution in [2.45, 2.75) is 6.42 Å². The Balaban J connectivity index is 2.04. The van der Waals surface area contributed by atoms with Crippen molar-refractivity contribution >= 4 is 40.4 Å². The van der Waals surface area contributed by atoms with Crippen LogP contribution in [-0.4, -0.2) is 34.6 Å². The number of aromatic nitrogens is 2. The van der Waals surface area contributed by atoms with Gasteiger partial charge in [0.25, 0.3) is 5.91 Å². The maximum Gasteiger partial charge on any atom is 0.256 e. The summed E-state index contributed by atoms with van der Waals surface area (Å²) in [5.41, 5.74) is 0.273. The molecule has 0 spiro atoms. The third-order valence-electron chi connectivity index (χ3n) is 2.57. The van der Waals surface area contributed by atoms with E-state index >= 15 is 0 Å². The van der Waals surface area contributed by atoms with E-state index in [1.807, 2.05) is 17.5 Å². The molecule has 0 aliphatic heterocycles. The summed E-state index contributed by atoms with van der Waals surface area (Å²) in [6, 6.07) is 5.47. The predicted octanol–water partition coefficient (Wildman–Crippen LogP) is 3.16. The molecule has 7 heteroatoms. The van der Waals surface area contributed by atoms with Gasteiger partial charge in [-0.3, -0.25) is 4.79 Å². The van der Waals surface area contributed by atoms with Gasteiger partial charge in [-0.2, -0.15) is 0 Å². The van der Waals surface area contributed by atoms with Crippen molar-refractivity contribution in [2.75, 3.05) is 13.6 Å². The molecule has 0 fully saturated rings. The SMILES string of the molecule is CN(CCc1cccs1)C(=O)c1cc(Cl)nnc1Cl. The van der Waals surface area contributed by atoms with Crippen molar-refractivity contribution in [3.05, 3.63) is 44.3 Å². The Bertz CT molecular complexity index is 574. The second-order valence-electron chi connectivity index (χ2n) is 3.93. The average Bonchev–Trinajstić information content (AvgIpc) is 2.91. The van der Waals surface area contributed by atoms with E-state index in [1.165, 1.54) is 10.9 Å². The van der Waals surface area contributed by atoms with Crippen molar-refractivity contribution in [1.29, 1.82) is 0 Å². The predicted molar refractivity (Wildman–Crippen MR) is 77.0 cm³/mol. The van der Waals surface area contributed by atoms with Crippen LogP contribution in [0.4, 0.5) is 0 Å². The molecule has 0 aromatic carbocycles. The fourth-order valence-electron chi connectivity index (χ4n) is 1.54. The van der Waals surface area contributed by atoms with Crippen LogP contribution in [0, 0.1) is 0 Å². The lowest BCUT2D eigenvalue weighted by Crippen LogP contribution is -2.29. The van der Waals surface area contributed by atoms with Crippen LogP contribution in [0.1, 0.15) is 15.2 Å². The first kappa shape index (κ1) is 14.2. The minimum Gasteiger partial charge on any atom is -0.341 e. The molecule has 0 radical (unpaired) electrons. The van der Waals surface area contributed by atoms with E-state index < -0.39 is 0 Å². The lowest BCUT2D eigenvalue weighted by Gasteiger charge is -2.17. The maximum absolute atomic E-state index is 12.2. The number of halogens is 2. The number of carbonyl (C=O) groups excluding carboxylic acids is 1. The molecular weight excluding hydrogens is 305 g/mol. The molecule has 2 heterocycles. The highest BCUT2D eigenvalue weighted by atomic mass is 35.5. The number of nitrogens with zero attached hydrogens (tertiary/aromatic N) is 3. The van der Waals surface area contributed by atoms with E-state index in [9.17, 15) is 4.79 Å². The number of carbonyl (C=O) groups is 1. The van der Waals surface area contributed by atoms with Gasteiger partial charge in [-0.25, -0.2) is 0 Å². The van der Waals surface area contributed by atoms with E-state index in [4.69, 9.17) is 23.2 Å². The highest BCUT2D eigenvalue weighted by Gasteiger charge is 2.17. The molecule has 1 amide bonds. The molecule has 100 valence electrons. The van der Waals surface area contributed by atoms with Gasteiger partial charge in [-0.05, 0) is 23.9 Å². The van der Waals surface area contributed by atoms with Gasteiger partial charge in [-0.15, -0.1) is 21.5 Å². The van der Waals surface area contributed by atoms with Crippen molar-refractivity contribution in [3.63, 3.8) is 0 Å². The summed E-state index contributed by atoms with van der Waals surface area (Å²) in [6.07, 6.45) is 0.809. The van der Waals surface area contributed by atoms with Gasteiger partial charge < -0.3 is 4.90 Å². The molecule has 0 atom stereocenters. The summed E-state index contributed by atoms with van der Waals surface area (Å²) < 4.78 is 0. The summed E-state index contributed by atoms with van der Waals surface area (Å²) in [6.45, 7) is 0.607. The number of amides is 1. The van der Waals surface area contributed by atoms with Gasteiger partial charge in [0.1, 0.15) is 0 Å². The Morgan fingerprint density at radius 2 is 2.21 bits per heavy atom. The summed E-state index contributed by atoms with van der Waals surface area (Å²) in [4.78, 5) is 15.0. The zero-order valence-electron chi connectivity index (χ0n) is 10.1. The fourth-order valence-corrected chi connectivity index (χ4v) is 2.56. The topological polar surface area (TPSA) is 46.1 Å². The van der Waals surface area contributed by atoms with Crippen LogP contribution in [0.5, 0.6) is 0 Å². The summed E-state index contributed by atoms with van der Waals surface area (Å²) >= 11 is 13.3. The van der Waals surface area contributed by atoms with Crippen LogP contribution in [0.25, 0.3) is 0 Å². The molecule has 0 bridgehead atoms. The minimum absolute atomic E-state index is 0.0670.